The third-order valence-electron chi connectivity index (χ3n) is 4.60. The maximum Gasteiger partial charge on any atom is 0.257 e. The van der Waals surface area contributed by atoms with Gasteiger partial charge in [-0.2, -0.15) is 0 Å². The summed E-state index contributed by atoms with van der Waals surface area (Å²) in [7, 11) is 1.54. The van der Waals surface area contributed by atoms with E-state index in [4.69, 9.17) is 4.74 Å². The van der Waals surface area contributed by atoms with Gasteiger partial charge in [0.2, 0.25) is 0 Å². The summed E-state index contributed by atoms with van der Waals surface area (Å²) in [5, 5.41) is 0. The van der Waals surface area contributed by atoms with Crippen molar-refractivity contribution in [2.75, 3.05) is 33.3 Å². The van der Waals surface area contributed by atoms with Gasteiger partial charge < -0.3 is 14.5 Å². The van der Waals surface area contributed by atoms with Crippen LogP contribution in [-0.2, 0) is 0 Å². The number of benzene rings is 2. The molecule has 1 saturated heterocycles. The summed E-state index contributed by atoms with van der Waals surface area (Å²) in [5.41, 5.74) is 1.43. The Morgan fingerprint density at radius 1 is 0.962 bits per heavy atom. The van der Waals surface area contributed by atoms with Crippen molar-refractivity contribution in [2.45, 2.75) is 6.92 Å². The topological polar surface area (TPSA) is 49.9 Å². The van der Waals surface area contributed by atoms with Crippen LogP contribution in [0, 0.1) is 12.7 Å². The van der Waals surface area contributed by atoms with Crippen LogP contribution in [0.4, 0.5) is 4.39 Å². The quantitative estimate of drug-likeness (QED) is 0.850. The molecule has 0 aliphatic carbocycles. The molecule has 26 heavy (non-hydrogen) atoms. The first kappa shape index (κ1) is 17.9. The van der Waals surface area contributed by atoms with E-state index in [2.05, 4.69) is 0 Å². The molecule has 6 heteroatoms. The molecule has 136 valence electrons. The first-order valence-corrected chi connectivity index (χ1v) is 8.49. The number of carbonyl (C=O) groups is 2. The number of hydrogen-bond acceptors (Lipinski definition) is 3. The highest BCUT2D eigenvalue weighted by Gasteiger charge is 2.27. The number of amides is 2. The molecule has 5 nitrogen and oxygen atoms in total. The summed E-state index contributed by atoms with van der Waals surface area (Å²) < 4.78 is 18.6. The molecule has 1 aliphatic heterocycles. The smallest absolute Gasteiger partial charge is 0.257 e. The van der Waals surface area contributed by atoms with Gasteiger partial charge in [0.05, 0.1) is 12.7 Å². The number of para-hydroxylation sites is 1. The molecule has 2 aromatic carbocycles. The van der Waals surface area contributed by atoms with Crippen LogP contribution in [0.2, 0.25) is 0 Å². The third-order valence-corrected chi connectivity index (χ3v) is 4.60. The van der Waals surface area contributed by atoms with Gasteiger partial charge in [0.25, 0.3) is 11.8 Å². The second-order valence-corrected chi connectivity index (χ2v) is 6.25. The first-order chi connectivity index (χ1) is 12.5. The predicted octanol–water partition coefficient (Wildman–Crippen LogP) is 2.74. The fourth-order valence-electron chi connectivity index (χ4n) is 3.06. The number of ether oxygens (including phenoxy) is 1. The molecule has 3 rings (SSSR count). The van der Waals surface area contributed by atoms with Crippen molar-refractivity contribution in [3.8, 4) is 5.75 Å². The second kappa shape index (κ2) is 7.56. The van der Waals surface area contributed by atoms with Gasteiger partial charge in [-0.3, -0.25) is 9.59 Å². The Hall–Kier alpha value is -2.89. The Bertz CT molecular complexity index is 830. The largest absolute Gasteiger partial charge is 0.496 e. The van der Waals surface area contributed by atoms with E-state index in [0.717, 1.165) is 0 Å². The molecule has 0 aromatic heterocycles. The fraction of sp³-hybridized carbons (Fsp3) is 0.300. The van der Waals surface area contributed by atoms with Crippen LogP contribution in [0.15, 0.2) is 42.5 Å². The normalized spacial score (nSPS) is 14.3. The van der Waals surface area contributed by atoms with E-state index < -0.39 is 0 Å². The number of aryl methyl sites for hydroxylation is 1. The Balaban J connectivity index is 1.66. The van der Waals surface area contributed by atoms with Crippen LogP contribution in [0.3, 0.4) is 0 Å². The van der Waals surface area contributed by atoms with Gasteiger partial charge in [-0.15, -0.1) is 0 Å². The molecule has 0 unspecified atom stereocenters. The number of piperazine rings is 1. The summed E-state index contributed by atoms with van der Waals surface area (Å²) in [6.45, 7) is 3.41. The molecule has 0 N–H and O–H groups in total. The van der Waals surface area contributed by atoms with E-state index in [-0.39, 0.29) is 17.6 Å². The Labute approximate surface area is 152 Å². The molecule has 2 aromatic rings. The zero-order valence-electron chi connectivity index (χ0n) is 14.9. The van der Waals surface area contributed by atoms with Gasteiger partial charge in [-0.1, -0.05) is 12.1 Å². The monoisotopic (exact) mass is 356 g/mol. The number of carbonyl (C=O) groups excluding carboxylic acids is 2. The lowest BCUT2D eigenvalue weighted by molar-refractivity contribution is 0.0533. The average molecular weight is 356 g/mol. The lowest BCUT2D eigenvalue weighted by atomic mass is 10.1. The zero-order valence-corrected chi connectivity index (χ0v) is 14.9. The van der Waals surface area contributed by atoms with Crippen LogP contribution in [-0.4, -0.2) is 54.9 Å². The summed E-state index contributed by atoms with van der Waals surface area (Å²) >= 11 is 0. The van der Waals surface area contributed by atoms with Crippen molar-refractivity contribution in [3.05, 3.63) is 65.0 Å². The van der Waals surface area contributed by atoms with Crippen molar-refractivity contribution in [1.29, 1.82) is 0 Å². The number of hydrogen-bond donors (Lipinski definition) is 0. The molecule has 0 saturated carbocycles. The van der Waals surface area contributed by atoms with Crippen LogP contribution < -0.4 is 4.74 Å². The summed E-state index contributed by atoms with van der Waals surface area (Å²) in [6, 6.07) is 11.5. The maximum absolute atomic E-state index is 13.4. The van der Waals surface area contributed by atoms with Crippen LogP contribution >= 0.6 is 0 Å². The summed E-state index contributed by atoms with van der Waals surface area (Å²) in [6.07, 6.45) is 0. The Morgan fingerprint density at radius 3 is 2.19 bits per heavy atom. The van der Waals surface area contributed by atoms with Gasteiger partial charge in [-0.25, -0.2) is 4.39 Å². The lowest BCUT2D eigenvalue weighted by Crippen LogP contribution is -2.50. The van der Waals surface area contributed by atoms with Crippen molar-refractivity contribution in [3.63, 3.8) is 0 Å². The SMILES string of the molecule is COc1ccccc1C(=O)N1CCN(C(=O)c2ccc(F)c(C)c2)CC1. The van der Waals surface area contributed by atoms with Gasteiger partial charge in [0.1, 0.15) is 11.6 Å². The Morgan fingerprint density at radius 2 is 1.58 bits per heavy atom. The minimum absolute atomic E-state index is 0.104. The zero-order chi connectivity index (χ0) is 18.7. The van der Waals surface area contributed by atoms with E-state index in [9.17, 15) is 14.0 Å². The van der Waals surface area contributed by atoms with Crippen molar-refractivity contribution >= 4 is 11.8 Å². The van der Waals surface area contributed by atoms with Gasteiger partial charge in [0, 0.05) is 31.7 Å². The van der Waals surface area contributed by atoms with Gasteiger partial charge in [0.15, 0.2) is 0 Å². The molecule has 1 heterocycles. The van der Waals surface area contributed by atoms with Crippen LogP contribution in [0.5, 0.6) is 5.75 Å². The van der Waals surface area contributed by atoms with Crippen LogP contribution in [0.25, 0.3) is 0 Å². The predicted molar refractivity (Wildman–Crippen MR) is 95.9 cm³/mol. The van der Waals surface area contributed by atoms with E-state index >= 15 is 0 Å². The van der Waals surface area contributed by atoms with Gasteiger partial charge in [-0.05, 0) is 42.8 Å². The molecule has 2 amide bonds. The lowest BCUT2D eigenvalue weighted by Gasteiger charge is -2.35. The molecule has 0 spiro atoms. The first-order valence-electron chi connectivity index (χ1n) is 8.49. The van der Waals surface area contributed by atoms with E-state index in [1.54, 1.807) is 41.0 Å². The molecule has 0 bridgehead atoms. The minimum atomic E-state index is -0.325. The maximum atomic E-state index is 13.4. The summed E-state index contributed by atoms with van der Waals surface area (Å²) in [5.74, 6) is -0.0313. The highest BCUT2D eigenvalue weighted by molar-refractivity contribution is 5.97. The molecule has 0 radical (unpaired) electrons. The van der Waals surface area contributed by atoms with Crippen molar-refractivity contribution < 1.29 is 18.7 Å². The Kier molecular flexibility index (Phi) is 5.21. The third kappa shape index (κ3) is 3.54. The number of methoxy groups -OCH3 is 1. The standard InChI is InChI=1S/C20H21FN2O3/c1-14-13-15(7-8-17(14)21)19(24)22-9-11-23(12-10-22)20(25)16-5-3-4-6-18(16)26-2/h3-8,13H,9-12H2,1-2H3. The van der Waals surface area contributed by atoms with E-state index in [1.165, 1.54) is 19.2 Å². The highest BCUT2D eigenvalue weighted by atomic mass is 19.1. The summed E-state index contributed by atoms with van der Waals surface area (Å²) in [4.78, 5) is 28.7. The van der Waals surface area contributed by atoms with Crippen LogP contribution in [0.1, 0.15) is 26.3 Å². The van der Waals surface area contributed by atoms with Crippen molar-refractivity contribution in [1.82, 2.24) is 9.80 Å². The minimum Gasteiger partial charge on any atom is -0.496 e. The fourth-order valence-corrected chi connectivity index (χ4v) is 3.06. The molecule has 1 aliphatic rings. The number of halogens is 1. The molecular formula is C20H21FN2O3. The number of rotatable bonds is 3. The molecular weight excluding hydrogens is 335 g/mol. The molecule has 0 atom stereocenters. The second-order valence-electron chi connectivity index (χ2n) is 6.25. The number of nitrogens with zero attached hydrogens (tertiary/aromatic N) is 2. The van der Waals surface area contributed by atoms with Gasteiger partial charge >= 0.3 is 0 Å². The highest BCUT2D eigenvalue weighted by Crippen LogP contribution is 2.20. The average Bonchev–Trinajstić information content (AvgIpc) is 2.69. The van der Waals surface area contributed by atoms with E-state index in [1.807, 2.05) is 6.07 Å². The molecule has 1 fully saturated rings. The van der Waals surface area contributed by atoms with E-state index in [0.29, 0.717) is 48.6 Å². The van der Waals surface area contributed by atoms with Crippen molar-refractivity contribution in [2.24, 2.45) is 0 Å².